The number of sulfone groups is 1. The summed E-state index contributed by atoms with van der Waals surface area (Å²) in [6.07, 6.45) is -2.05. The highest BCUT2D eigenvalue weighted by Crippen LogP contribution is 2.37. The number of rotatable bonds is 4. The zero-order chi connectivity index (χ0) is 23.3. The molecule has 0 saturated carbocycles. The fourth-order valence-corrected chi connectivity index (χ4v) is 4.35. The van der Waals surface area contributed by atoms with Crippen molar-refractivity contribution in [1.82, 2.24) is 20.2 Å². The summed E-state index contributed by atoms with van der Waals surface area (Å²) in [6, 6.07) is 8.53. The van der Waals surface area contributed by atoms with Gasteiger partial charge in [-0.2, -0.15) is 23.3 Å². The molecule has 0 bridgehead atoms. The Morgan fingerprint density at radius 3 is 2.56 bits per heavy atom. The number of alkyl halides is 3. The van der Waals surface area contributed by atoms with Gasteiger partial charge in [-0.1, -0.05) is 18.2 Å². The molecule has 8 nitrogen and oxygen atoms in total. The summed E-state index contributed by atoms with van der Waals surface area (Å²) in [6.45, 7) is 1.67. The fraction of sp³-hybridized carbons (Fsp3) is 0.150. The number of fused-ring (bicyclic) bond motifs is 1. The molecule has 4 aromatic rings. The summed E-state index contributed by atoms with van der Waals surface area (Å²) < 4.78 is 64.2. The summed E-state index contributed by atoms with van der Waals surface area (Å²) in [5.41, 5.74) is 6.13. The second-order valence-corrected chi connectivity index (χ2v) is 9.15. The smallest absolute Gasteiger partial charge is 0.368 e. The molecule has 12 heteroatoms. The Morgan fingerprint density at radius 2 is 1.88 bits per heavy atom. The van der Waals surface area contributed by atoms with Crippen LogP contribution >= 0.6 is 0 Å². The van der Waals surface area contributed by atoms with Crippen molar-refractivity contribution in [3.63, 3.8) is 0 Å². The van der Waals surface area contributed by atoms with Gasteiger partial charge in [0.15, 0.2) is 15.7 Å². The minimum atomic E-state index is -4.56. The number of anilines is 3. The van der Waals surface area contributed by atoms with Crippen molar-refractivity contribution in [1.29, 1.82) is 0 Å². The van der Waals surface area contributed by atoms with Crippen molar-refractivity contribution in [3.05, 3.63) is 53.7 Å². The normalized spacial score (nSPS) is 12.3. The van der Waals surface area contributed by atoms with E-state index < -0.39 is 21.6 Å². The molecule has 4 rings (SSSR count). The van der Waals surface area contributed by atoms with Crippen LogP contribution in [0.2, 0.25) is 0 Å². The topological polar surface area (TPSA) is 127 Å². The number of nitrogens with zero attached hydrogens (tertiary/aromatic N) is 3. The van der Waals surface area contributed by atoms with Crippen LogP contribution in [0.25, 0.3) is 22.0 Å². The summed E-state index contributed by atoms with van der Waals surface area (Å²) >= 11 is 0. The van der Waals surface area contributed by atoms with Gasteiger partial charge in [0.1, 0.15) is 5.82 Å². The number of hydrogen-bond acceptors (Lipinski definition) is 7. The van der Waals surface area contributed by atoms with Gasteiger partial charge in [0.2, 0.25) is 5.95 Å². The molecule has 0 atom stereocenters. The van der Waals surface area contributed by atoms with Gasteiger partial charge in [-0.15, -0.1) is 0 Å². The maximum Gasteiger partial charge on any atom is 0.418 e. The second kappa shape index (κ2) is 7.48. The summed E-state index contributed by atoms with van der Waals surface area (Å²) in [5.74, 6) is 0.176. The Balaban J connectivity index is 1.84. The van der Waals surface area contributed by atoms with Crippen molar-refractivity contribution in [2.75, 3.05) is 17.3 Å². The van der Waals surface area contributed by atoms with Crippen molar-refractivity contribution < 1.29 is 21.6 Å². The Hall–Kier alpha value is -3.67. The van der Waals surface area contributed by atoms with Gasteiger partial charge >= 0.3 is 6.18 Å². The Morgan fingerprint density at radius 1 is 1.12 bits per heavy atom. The molecule has 0 spiro atoms. The van der Waals surface area contributed by atoms with Gasteiger partial charge in [0.25, 0.3) is 0 Å². The summed E-state index contributed by atoms with van der Waals surface area (Å²) in [4.78, 5) is 8.25. The van der Waals surface area contributed by atoms with Crippen LogP contribution in [0.4, 0.5) is 30.8 Å². The molecule has 0 saturated heterocycles. The molecule has 32 heavy (non-hydrogen) atoms. The summed E-state index contributed by atoms with van der Waals surface area (Å²) in [7, 11) is -3.49. The number of H-pyrrole nitrogens is 1. The van der Waals surface area contributed by atoms with E-state index in [1.54, 1.807) is 19.1 Å². The third kappa shape index (κ3) is 3.96. The Bertz CT molecular complexity index is 1450. The van der Waals surface area contributed by atoms with Crippen LogP contribution in [0.5, 0.6) is 0 Å². The van der Waals surface area contributed by atoms with Gasteiger partial charge < -0.3 is 11.1 Å². The molecule has 4 N–H and O–H groups in total. The average Bonchev–Trinajstić information content (AvgIpc) is 3.10. The molecular weight excluding hydrogens is 445 g/mol. The molecule has 0 amide bonds. The van der Waals surface area contributed by atoms with E-state index in [2.05, 4.69) is 25.5 Å². The maximum absolute atomic E-state index is 13.3. The van der Waals surface area contributed by atoms with Gasteiger partial charge in [-0.25, -0.2) is 13.4 Å². The van der Waals surface area contributed by atoms with Crippen molar-refractivity contribution in [3.8, 4) is 11.1 Å². The monoisotopic (exact) mass is 462 g/mol. The molecule has 0 aliphatic carbocycles. The van der Waals surface area contributed by atoms with Gasteiger partial charge in [-0.3, -0.25) is 5.10 Å². The zero-order valence-corrected chi connectivity index (χ0v) is 17.6. The number of benzene rings is 2. The average molecular weight is 462 g/mol. The molecule has 0 unspecified atom stereocenters. The first-order chi connectivity index (χ1) is 14.9. The maximum atomic E-state index is 13.3. The lowest BCUT2D eigenvalue weighted by Crippen LogP contribution is -2.05. The fourth-order valence-electron chi connectivity index (χ4n) is 3.35. The van der Waals surface area contributed by atoms with E-state index >= 15 is 0 Å². The van der Waals surface area contributed by atoms with E-state index in [-0.39, 0.29) is 33.4 Å². The molecule has 0 aliphatic rings. The highest BCUT2D eigenvalue weighted by Gasteiger charge is 2.33. The molecular formula is C20H17F3N6O2S. The van der Waals surface area contributed by atoms with Gasteiger partial charge in [0.05, 0.1) is 16.0 Å². The minimum Gasteiger partial charge on any atom is -0.368 e. The van der Waals surface area contributed by atoms with Crippen LogP contribution in [0.3, 0.4) is 0 Å². The number of halogens is 3. The van der Waals surface area contributed by atoms with E-state index in [1.165, 1.54) is 24.4 Å². The SMILES string of the molecule is Cc1ccc(-c2cnc(N)nc2Nc2n[nH]c3c(C(F)(F)F)cccc23)cc1S(C)(=O)=O. The van der Waals surface area contributed by atoms with E-state index in [4.69, 9.17) is 5.73 Å². The van der Waals surface area contributed by atoms with Crippen molar-refractivity contribution >= 4 is 38.3 Å². The number of para-hydroxylation sites is 1. The number of nitrogens with two attached hydrogens (primary N) is 1. The largest absolute Gasteiger partial charge is 0.418 e. The lowest BCUT2D eigenvalue weighted by atomic mass is 10.1. The zero-order valence-electron chi connectivity index (χ0n) is 16.8. The molecule has 0 fully saturated rings. The van der Waals surface area contributed by atoms with Crippen LogP contribution in [0.15, 0.2) is 47.5 Å². The standard InChI is InChI=1S/C20H17F3N6O2S/c1-10-6-7-11(8-15(10)32(2,30)31)13-9-25-19(24)27-17(13)26-18-12-4-3-5-14(20(21,22)23)16(12)28-29-18/h3-9H,1-2H3,(H4,24,25,26,27,28,29). The van der Waals surface area contributed by atoms with Gasteiger partial charge in [0, 0.05) is 23.4 Å². The minimum absolute atomic E-state index is 0.0810. The highest BCUT2D eigenvalue weighted by molar-refractivity contribution is 7.90. The predicted octanol–water partition coefficient (Wildman–Crippen LogP) is 4.08. The first-order valence-corrected chi connectivity index (χ1v) is 11.1. The van der Waals surface area contributed by atoms with Crippen LogP contribution in [-0.4, -0.2) is 34.8 Å². The molecule has 166 valence electrons. The number of aryl methyl sites for hydroxylation is 1. The van der Waals surface area contributed by atoms with Crippen molar-refractivity contribution in [2.45, 2.75) is 18.0 Å². The quantitative estimate of drug-likeness (QED) is 0.417. The van der Waals surface area contributed by atoms with Gasteiger partial charge in [-0.05, 0) is 36.2 Å². The highest BCUT2D eigenvalue weighted by atomic mass is 32.2. The van der Waals surface area contributed by atoms with Crippen LogP contribution in [0.1, 0.15) is 11.1 Å². The molecule has 2 aromatic heterocycles. The van der Waals surface area contributed by atoms with E-state index in [9.17, 15) is 21.6 Å². The van der Waals surface area contributed by atoms with Crippen molar-refractivity contribution in [2.24, 2.45) is 0 Å². The number of nitrogen functional groups attached to an aromatic ring is 1. The van der Waals surface area contributed by atoms with Crippen LogP contribution < -0.4 is 11.1 Å². The molecule has 2 heterocycles. The third-order valence-corrected chi connectivity index (χ3v) is 6.09. The Labute approximate surface area is 180 Å². The van der Waals surface area contributed by atoms with E-state index in [0.717, 1.165) is 12.3 Å². The number of aromatic nitrogens is 4. The predicted molar refractivity (Wildman–Crippen MR) is 114 cm³/mol. The van der Waals surface area contributed by atoms with E-state index in [0.29, 0.717) is 16.7 Å². The second-order valence-electron chi connectivity index (χ2n) is 7.17. The lowest BCUT2D eigenvalue weighted by molar-refractivity contribution is -0.136. The van der Waals surface area contributed by atoms with Crippen LogP contribution in [-0.2, 0) is 16.0 Å². The summed E-state index contributed by atoms with van der Waals surface area (Å²) in [5, 5.41) is 9.47. The molecule has 2 aromatic carbocycles. The first kappa shape index (κ1) is 21.6. The molecule has 0 aliphatic heterocycles. The van der Waals surface area contributed by atoms with Crippen LogP contribution in [0, 0.1) is 6.92 Å². The lowest BCUT2D eigenvalue weighted by Gasteiger charge is -2.12. The Kier molecular flexibility index (Phi) is 5.04. The third-order valence-electron chi connectivity index (χ3n) is 4.85. The number of nitrogens with one attached hydrogen (secondary N) is 2. The first-order valence-electron chi connectivity index (χ1n) is 9.20. The number of aromatic amines is 1. The number of hydrogen-bond donors (Lipinski definition) is 3. The molecule has 0 radical (unpaired) electrons. The van der Waals surface area contributed by atoms with E-state index in [1.807, 2.05) is 0 Å².